The van der Waals surface area contributed by atoms with E-state index in [-0.39, 0.29) is 35.5 Å². The molecule has 0 spiro atoms. The highest BCUT2D eigenvalue weighted by atomic mass is 35.5. The number of halogens is 3. The van der Waals surface area contributed by atoms with Gasteiger partial charge in [0.15, 0.2) is 0 Å². The predicted octanol–water partition coefficient (Wildman–Crippen LogP) is 2.51. The van der Waals surface area contributed by atoms with Crippen LogP contribution in [0.1, 0.15) is 42.6 Å². The fourth-order valence-corrected chi connectivity index (χ4v) is 3.76. The third-order valence-electron chi connectivity index (χ3n) is 5.32. The zero-order chi connectivity index (χ0) is 24.8. The van der Waals surface area contributed by atoms with Crippen LogP contribution in [0.2, 0.25) is 5.02 Å². The van der Waals surface area contributed by atoms with E-state index in [2.05, 4.69) is 5.32 Å². The molecule has 2 aliphatic heterocycles. The quantitative estimate of drug-likeness (QED) is 0.666. The lowest BCUT2D eigenvalue weighted by molar-refractivity contribution is -0.147. The molecule has 2 aliphatic rings. The van der Waals surface area contributed by atoms with Crippen molar-refractivity contribution in [1.82, 2.24) is 15.5 Å². The minimum absolute atomic E-state index is 0.0398. The van der Waals surface area contributed by atoms with Gasteiger partial charge in [0.05, 0.1) is 2.74 Å². The van der Waals surface area contributed by atoms with Gasteiger partial charge >= 0.3 is 5.92 Å². The van der Waals surface area contributed by atoms with Gasteiger partial charge in [0.25, 0.3) is 11.8 Å². The number of fused-ring (bicyclic) bond motifs is 1. The topological polar surface area (TPSA) is 95.6 Å². The highest BCUT2D eigenvalue weighted by Crippen LogP contribution is 2.30. The van der Waals surface area contributed by atoms with E-state index in [1.807, 2.05) is 5.32 Å². The van der Waals surface area contributed by atoms with Crippen molar-refractivity contribution in [2.24, 2.45) is 0 Å². The number of carbonyl (C=O) groups is 4. The van der Waals surface area contributed by atoms with Crippen LogP contribution in [0.3, 0.4) is 0 Å². The van der Waals surface area contributed by atoms with Gasteiger partial charge in [-0.3, -0.25) is 24.5 Å². The minimum atomic E-state index is -4.07. The van der Waals surface area contributed by atoms with E-state index in [0.717, 1.165) is 18.2 Å². The zero-order valence-corrected chi connectivity index (χ0v) is 17.2. The summed E-state index contributed by atoms with van der Waals surface area (Å²) < 4.78 is 45.1. The number of nitrogens with zero attached hydrogens (tertiary/aromatic N) is 1. The van der Waals surface area contributed by atoms with Crippen molar-refractivity contribution in [1.29, 1.82) is 0 Å². The maximum absolute atomic E-state index is 14.6. The van der Waals surface area contributed by atoms with Gasteiger partial charge < -0.3 is 10.2 Å². The van der Waals surface area contributed by atoms with Gasteiger partial charge in [-0.15, -0.1) is 0 Å². The molecular weight excluding hydrogens is 444 g/mol. The fourth-order valence-electron chi connectivity index (χ4n) is 3.65. The van der Waals surface area contributed by atoms with Crippen LogP contribution in [-0.2, 0) is 33.4 Å². The molecule has 10 heteroatoms. The lowest BCUT2D eigenvalue weighted by Gasteiger charge is -2.29. The van der Waals surface area contributed by atoms with Crippen LogP contribution >= 0.6 is 11.6 Å². The Morgan fingerprint density at radius 3 is 2.78 bits per heavy atom. The Morgan fingerprint density at radius 1 is 1.28 bits per heavy atom. The summed E-state index contributed by atoms with van der Waals surface area (Å²) in [5.74, 6) is -7.23. The summed E-state index contributed by atoms with van der Waals surface area (Å²) >= 11 is 5.68. The molecule has 0 bridgehead atoms. The first kappa shape index (κ1) is 19.4. The van der Waals surface area contributed by atoms with Gasteiger partial charge in [0.2, 0.25) is 11.8 Å². The van der Waals surface area contributed by atoms with E-state index in [1.54, 1.807) is 0 Å². The number of nitrogens with one attached hydrogen (secondary N) is 2. The molecule has 2 N–H and O–H groups in total. The van der Waals surface area contributed by atoms with Crippen molar-refractivity contribution < 1.29 is 30.7 Å². The van der Waals surface area contributed by atoms with Gasteiger partial charge in [-0.05, 0) is 35.7 Å². The average molecular weight is 464 g/mol. The average Bonchev–Trinajstić information content (AvgIpc) is 3.09. The second-order valence-electron chi connectivity index (χ2n) is 7.43. The number of amides is 4. The van der Waals surface area contributed by atoms with E-state index in [4.69, 9.17) is 14.3 Å². The molecule has 4 rings (SSSR count). The van der Waals surface area contributed by atoms with Crippen LogP contribution in [-0.4, -0.2) is 34.6 Å². The van der Waals surface area contributed by atoms with Crippen molar-refractivity contribution in [3.63, 3.8) is 0 Å². The molecule has 2 aromatic rings. The predicted molar refractivity (Wildman–Crippen MR) is 110 cm³/mol. The molecule has 2 unspecified atom stereocenters. The van der Waals surface area contributed by atoms with Gasteiger partial charge in [-0.2, -0.15) is 8.78 Å². The molecule has 2 heterocycles. The maximum Gasteiger partial charge on any atom is 0.349 e. The first-order valence-corrected chi connectivity index (χ1v) is 10.0. The Labute approximate surface area is 189 Å². The number of benzene rings is 2. The summed E-state index contributed by atoms with van der Waals surface area (Å²) in [6.45, 7) is -1.54. The highest BCUT2D eigenvalue weighted by molar-refractivity contribution is 6.30. The molecule has 0 saturated carbocycles. The largest absolute Gasteiger partial charge is 0.349 e. The van der Waals surface area contributed by atoms with Crippen molar-refractivity contribution in [2.75, 3.05) is 0 Å². The van der Waals surface area contributed by atoms with E-state index >= 15 is 0 Å². The number of piperidine rings is 1. The summed E-state index contributed by atoms with van der Waals surface area (Å²) in [7, 11) is 0. The lowest BCUT2D eigenvalue weighted by atomic mass is 10.0. The molecule has 2 atom stereocenters. The van der Waals surface area contributed by atoms with E-state index < -0.39 is 53.7 Å². The fraction of sp³-hybridized carbons (Fsp3) is 0.273. The first-order valence-electron chi connectivity index (χ1n) is 10.7. The molecule has 7 nitrogen and oxygen atoms in total. The Hall–Kier alpha value is -3.33. The van der Waals surface area contributed by atoms with E-state index in [0.29, 0.717) is 5.56 Å². The molecule has 4 amide bonds. The minimum Gasteiger partial charge on any atom is -0.346 e. The number of imide groups is 1. The highest BCUT2D eigenvalue weighted by Gasteiger charge is 2.41. The molecule has 32 heavy (non-hydrogen) atoms. The van der Waals surface area contributed by atoms with E-state index in [9.17, 15) is 28.0 Å². The normalized spacial score (nSPS) is 20.3. The van der Waals surface area contributed by atoms with Crippen LogP contribution in [0, 0.1) is 0 Å². The molecule has 1 fully saturated rings. The smallest absolute Gasteiger partial charge is 0.346 e. The number of hydrogen-bond donors (Lipinski definition) is 2. The van der Waals surface area contributed by atoms with Crippen LogP contribution in [0.4, 0.5) is 8.78 Å². The van der Waals surface area contributed by atoms with E-state index in [1.165, 1.54) is 23.1 Å². The van der Waals surface area contributed by atoms with Crippen LogP contribution in [0.5, 0.6) is 0 Å². The molecule has 1 saturated heterocycles. The lowest BCUT2D eigenvalue weighted by Crippen LogP contribution is -2.52. The third-order valence-corrected chi connectivity index (χ3v) is 5.55. The summed E-state index contributed by atoms with van der Waals surface area (Å²) in [6, 6.07) is 5.79. The number of hydrogen-bond acceptors (Lipinski definition) is 4. The van der Waals surface area contributed by atoms with Gasteiger partial charge in [-0.1, -0.05) is 35.8 Å². The van der Waals surface area contributed by atoms with Crippen LogP contribution in [0.15, 0.2) is 42.4 Å². The SMILES string of the molecule is [2H]c1cc(Cl)ccc1C(F)(F)C(=O)NC([2H])c1ccc2c(c1)CN(C1CCC(=O)NC1=O)C2=O. The number of rotatable bonds is 5. The van der Waals surface area contributed by atoms with Crippen LogP contribution in [0.25, 0.3) is 0 Å². The molecule has 0 radical (unpaired) electrons. The van der Waals surface area contributed by atoms with Crippen molar-refractivity contribution in [3.05, 3.63) is 69.7 Å². The Balaban J connectivity index is 1.49. The molecular formula is C22H18ClF2N3O4. The third kappa shape index (κ3) is 4.08. The van der Waals surface area contributed by atoms with Crippen molar-refractivity contribution in [2.45, 2.75) is 37.9 Å². The van der Waals surface area contributed by atoms with Crippen molar-refractivity contribution >= 4 is 35.2 Å². The summed E-state index contributed by atoms with van der Waals surface area (Å²) in [5.41, 5.74) is 0.0676. The summed E-state index contributed by atoms with van der Waals surface area (Å²) in [5, 5.41) is 4.20. The maximum atomic E-state index is 14.6. The van der Waals surface area contributed by atoms with Gasteiger partial charge in [-0.25, -0.2) is 0 Å². The van der Waals surface area contributed by atoms with Crippen molar-refractivity contribution in [3.8, 4) is 0 Å². The molecule has 0 aromatic heterocycles. The Kier molecular flexibility index (Phi) is 5.03. The second-order valence-corrected chi connectivity index (χ2v) is 7.87. The molecule has 2 aromatic carbocycles. The number of alkyl halides is 2. The zero-order valence-electron chi connectivity index (χ0n) is 18.5. The Morgan fingerprint density at radius 2 is 2.06 bits per heavy atom. The summed E-state index contributed by atoms with van der Waals surface area (Å²) in [4.78, 5) is 49.8. The standard InChI is InChI=1S/C22H18ClF2N3O4/c23-15-4-2-14(3-5-15)22(24,25)21(32)26-10-12-1-6-16-13(9-12)11-28(20(16)31)17-7-8-18(29)27-19(17)30/h1-6,9,17H,7-8,10-11H2,(H,26,32)(H,27,29,30)/i2D,10D. The first-order chi connectivity index (χ1) is 16.0. The monoisotopic (exact) mass is 463 g/mol. The Bertz CT molecular complexity index is 1230. The molecule has 0 aliphatic carbocycles. The second kappa shape index (κ2) is 8.31. The van der Waals surface area contributed by atoms with Crippen LogP contribution < -0.4 is 10.6 Å². The van der Waals surface area contributed by atoms with Gasteiger partial charge in [0.1, 0.15) is 6.04 Å². The molecule has 166 valence electrons. The van der Waals surface area contributed by atoms with Gasteiger partial charge in [0, 0.05) is 35.6 Å². The number of carbonyl (C=O) groups excluding carboxylic acids is 4. The summed E-state index contributed by atoms with van der Waals surface area (Å²) in [6.07, 6.45) is 0.288.